The van der Waals surface area contributed by atoms with Gasteiger partial charge in [-0.3, -0.25) is 9.59 Å². The number of Topliss-reactive ketones (excluding diaryl/α,β-unsaturated/α-hetero) is 1. The Labute approximate surface area is 115 Å². The van der Waals surface area contributed by atoms with Gasteiger partial charge in [0.15, 0.2) is 10.9 Å². The lowest BCUT2D eigenvalue weighted by Gasteiger charge is -2.04. The Morgan fingerprint density at radius 3 is 2.74 bits per heavy atom. The normalized spacial score (nSPS) is 10.2. The first kappa shape index (κ1) is 13.4. The van der Waals surface area contributed by atoms with E-state index in [0.717, 1.165) is 5.56 Å². The minimum absolute atomic E-state index is 0.00705. The van der Waals surface area contributed by atoms with Crippen LogP contribution in [0.1, 0.15) is 28.8 Å². The highest BCUT2D eigenvalue weighted by atomic mass is 32.1. The smallest absolute Gasteiger partial charge is 0.226 e. The third kappa shape index (κ3) is 3.72. The van der Waals surface area contributed by atoms with Gasteiger partial charge in [-0.25, -0.2) is 4.98 Å². The van der Waals surface area contributed by atoms with Crippen LogP contribution in [0.2, 0.25) is 0 Å². The Balaban J connectivity index is 1.87. The standard InChI is InChI=1S/C14H14N2O2S/c1-10-4-2-3-5-11(10)12(17)6-7-13(18)16-14-15-8-9-19-14/h2-5,8-9H,6-7H2,1H3,(H,15,16,18). The van der Waals surface area contributed by atoms with Gasteiger partial charge in [-0.15, -0.1) is 11.3 Å². The second-order valence-electron chi connectivity index (χ2n) is 4.12. The lowest BCUT2D eigenvalue weighted by Crippen LogP contribution is -2.13. The van der Waals surface area contributed by atoms with Crippen LogP contribution in [0.4, 0.5) is 5.13 Å². The highest BCUT2D eigenvalue weighted by Gasteiger charge is 2.11. The lowest BCUT2D eigenvalue weighted by atomic mass is 10.0. The van der Waals surface area contributed by atoms with Crippen LogP contribution >= 0.6 is 11.3 Å². The lowest BCUT2D eigenvalue weighted by molar-refractivity contribution is -0.116. The molecule has 5 heteroatoms. The average Bonchev–Trinajstić information content (AvgIpc) is 2.89. The van der Waals surface area contributed by atoms with Crippen LogP contribution in [0.3, 0.4) is 0 Å². The van der Waals surface area contributed by atoms with Gasteiger partial charge in [-0.2, -0.15) is 0 Å². The number of ketones is 1. The van der Waals surface area contributed by atoms with Crippen LogP contribution < -0.4 is 5.32 Å². The molecule has 0 radical (unpaired) electrons. The fourth-order valence-corrected chi connectivity index (χ4v) is 2.26. The number of nitrogens with zero attached hydrogens (tertiary/aromatic N) is 1. The van der Waals surface area contributed by atoms with Gasteiger partial charge in [0.05, 0.1) is 0 Å². The first-order valence-corrected chi connectivity index (χ1v) is 6.83. The number of carbonyl (C=O) groups excluding carboxylic acids is 2. The molecule has 2 aromatic rings. The van der Waals surface area contributed by atoms with Crippen molar-refractivity contribution in [2.45, 2.75) is 19.8 Å². The van der Waals surface area contributed by atoms with Crippen LogP contribution in [-0.4, -0.2) is 16.7 Å². The van der Waals surface area contributed by atoms with Gasteiger partial charge in [0, 0.05) is 30.0 Å². The number of benzene rings is 1. The maximum atomic E-state index is 12.0. The molecule has 0 saturated heterocycles. The number of aryl methyl sites for hydroxylation is 1. The highest BCUT2D eigenvalue weighted by molar-refractivity contribution is 7.13. The Morgan fingerprint density at radius 2 is 2.05 bits per heavy atom. The molecule has 2 rings (SSSR count). The van der Waals surface area contributed by atoms with E-state index in [2.05, 4.69) is 10.3 Å². The third-order valence-electron chi connectivity index (χ3n) is 2.70. The first-order chi connectivity index (χ1) is 9.16. The molecule has 0 atom stereocenters. The summed E-state index contributed by atoms with van der Waals surface area (Å²) in [5.41, 5.74) is 1.62. The number of anilines is 1. The third-order valence-corrected chi connectivity index (χ3v) is 3.39. The van der Waals surface area contributed by atoms with Gasteiger partial charge in [-0.05, 0) is 12.5 Å². The summed E-state index contributed by atoms with van der Waals surface area (Å²) in [4.78, 5) is 27.6. The molecule has 19 heavy (non-hydrogen) atoms. The molecule has 1 N–H and O–H groups in total. The second-order valence-corrected chi connectivity index (χ2v) is 5.02. The maximum Gasteiger partial charge on any atom is 0.226 e. The van der Waals surface area contributed by atoms with Crippen molar-refractivity contribution < 1.29 is 9.59 Å². The van der Waals surface area contributed by atoms with Gasteiger partial charge in [-0.1, -0.05) is 24.3 Å². The van der Waals surface area contributed by atoms with E-state index in [1.165, 1.54) is 11.3 Å². The summed E-state index contributed by atoms with van der Waals surface area (Å²) in [5, 5.41) is 5.01. The van der Waals surface area contributed by atoms with E-state index in [0.29, 0.717) is 10.7 Å². The van der Waals surface area contributed by atoms with E-state index in [1.807, 2.05) is 25.1 Å². The zero-order valence-electron chi connectivity index (χ0n) is 10.6. The summed E-state index contributed by atoms with van der Waals surface area (Å²) in [6.45, 7) is 1.89. The minimum atomic E-state index is -0.183. The summed E-state index contributed by atoms with van der Waals surface area (Å²) < 4.78 is 0. The van der Waals surface area contributed by atoms with Crippen molar-refractivity contribution in [3.8, 4) is 0 Å². The van der Waals surface area contributed by atoms with E-state index in [9.17, 15) is 9.59 Å². The quantitative estimate of drug-likeness (QED) is 0.852. The van der Waals surface area contributed by atoms with Crippen LogP contribution in [0.15, 0.2) is 35.8 Å². The molecule has 0 unspecified atom stereocenters. The Bertz CT molecular complexity index is 579. The van der Waals surface area contributed by atoms with Gasteiger partial charge in [0.25, 0.3) is 0 Å². The summed E-state index contributed by atoms with van der Waals surface area (Å²) >= 11 is 1.36. The summed E-state index contributed by atoms with van der Waals surface area (Å²) in [7, 11) is 0. The second kappa shape index (κ2) is 6.24. The number of aromatic nitrogens is 1. The van der Waals surface area contributed by atoms with E-state index < -0.39 is 0 Å². The van der Waals surface area contributed by atoms with Gasteiger partial charge in [0.1, 0.15) is 0 Å². The van der Waals surface area contributed by atoms with Crippen molar-refractivity contribution >= 4 is 28.2 Å². The monoisotopic (exact) mass is 274 g/mol. The van der Waals surface area contributed by atoms with E-state index in [1.54, 1.807) is 17.6 Å². The summed E-state index contributed by atoms with van der Waals surface area (Å²) in [6.07, 6.45) is 2.01. The zero-order valence-corrected chi connectivity index (χ0v) is 11.4. The fraction of sp³-hybridized carbons (Fsp3) is 0.214. The predicted molar refractivity (Wildman–Crippen MR) is 75.5 cm³/mol. The Hall–Kier alpha value is -2.01. The number of hydrogen-bond acceptors (Lipinski definition) is 4. The number of hydrogen-bond donors (Lipinski definition) is 1. The molecule has 1 amide bonds. The summed E-state index contributed by atoms with van der Waals surface area (Å²) in [6, 6.07) is 7.40. The zero-order chi connectivity index (χ0) is 13.7. The molecule has 98 valence electrons. The van der Waals surface area contributed by atoms with Gasteiger partial charge in [0.2, 0.25) is 5.91 Å². The number of carbonyl (C=O) groups is 2. The van der Waals surface area contributed by atoms with Crippen molar-refractivity contribution in [2.75, 3.05) is 5.32 Å². The molecule has 0 aliphatic heterocycles. The molecule has 4 nitrogen and oxygen atoms in total. The Kier molecular flexibility index (Phi) is 4.41. The van der Waals surface area contributed by atoms with Crippen LogP contribution in [0, 0.1) is 6.92 Å². The Morgan fingerprint density at radius 1 is 1.26 bits per heavy atom. The fourth-order valence-electron chi connectivity index (χ4n) is 1.71. The molecular weight excluding hydrogens is 260 g/mol. The van der Waals surface area contributed by atoms with Crippen molar-refractivity contribution in [1.82, 2.24) is 4.98 Å². The summed E-state index contributed by atoms with van der Waals surface area (Å²) in [5.74, 6) is -0.190. The van der Waals surface area contributed by atoms with Crippen LogP contribution in [-0.2, 0) is 4.79 Å². The number of thiazole rings is 1. The van der Waals surface area contributed by atoms with Gasteiger partial charge >= 0.3 is 0 Å². The molecular formula is C14H14N2O2S. The van der Waals surface area contributed by atoms with Crippen molar-refractivity contribution in [3.05, 3.63) is 47.0 Å². The largest absolute Gasteiger partial charge is 0.302 e. The van der Waals surface area contributed by atoms with Crippen LogP contribution in [0.25, 0.3) is 0 Å². The topological polar surface area (TPSA) is 59.1 Å². The molecule has 1 heterocycles. The molecule has 1 aromatic carbocycles. The van der Waals surface area contributed by atoms with Crippen molar-refractivity contribution in [2.24, 2.45) is 0 Å². The minimum Gasteiger partial charge on any atom is -0.302 e. The van der Waals surface area contributed by atoms with E-state index in [4.69, 9.17) is 0 Å². The molecule has 0 bridgehead atoms. The maximum absolute atomic E-state index is 12.0. The molecule has 0 spiro atoms. The van der Waals surface area contributed by atoms with Crippen molar-refractivity contribution in [3.63, 3.8) is 0 Å². The number of nitrogens with one attached hydrogen (secondary N) is 1. The molecule has 0 fully saturated rings. The van der Waals surface area contributed by atoms with E-state index in [-0.39, 0.29) is 24.5 Å². The average molecular weight is 274 g/mol. The van der Waals surface area contributed by atoms with E-state index >= 15 is 0 Å². The van der Waals surface area contributed by atoms with Crippen LogP contribution in [0.5, 0.6) is 0 Å². The molecule has 0 saturated carbocycles. The molecule has 0 aliphatic carbocycles. The predicted octanol–water partition coefficient (Wildman–Crippen LogP) is 3.05. The number of amides is 1. The first-order valence-electron chi connectivity index (χ1n) is 5.95. The number of rotatable bonds is 5. The highest BCUT2D eigenvalue weighted by Crippen LogP contribution is 2.13. The van der Waals surface area contributed by atoms with Crippen molar-refractivity contribution in [1.29, 1.82) is 0 Å². The molecule has 0 aliphatic rings. The molecule has 1 aromatic heterocycles. The van der Waals surface area contributed by atoms with Gasteiger partial charge < -0.3 is 5.32 Å². The SMILES string of the molecule is Cc1ccccc1C(=O)CCC(=O)Nc1nccs1.